The predicted molar refractivity (Wildman–Crippen MR) is 123 cm³/mol. The lowest BCUT2D eigenvalue weighted by atomic mass is 10.2. The molecule has 0 radical (unpaired) electrons. The van der Waals surface area contributed by atoms with Gasteiger partial charge in [0.15, 0.2) is 0 Å². The van der Waals surface area contributed by atoms with Crippen LogP contribution in [0.3, 0.4) is 0 Å². The Labute approximate surface area is 190 Å². The molecule has 0 aliphatic carbocycles. The van der Waals surface area contributed by atoms with Gasteiger partial charge in [-0.05, 0) is 43.4 Å². The molecule has 1 N–H and O–H groups in total. The normalized spacial score (nSPS) is 11.3. The Morgan fingerprint density at radius 3 is 2.31 bits per heavy atom. The minimum absolute atomic E-state index is 0.0899. The van der Waals surface area contributed by atoms with Crippen molar-refractivity contribution in [2.45, 2.75) is 18.2 Å². The van der Waals surface area contributed by atoms with E-state index >= 15 is 0 Å². The fourth-order valence-electron chi connectivity index (χ4n) is 2.40. The van der Waals surface area contributed by atoms with Gasteiger partial charge in [0.1, 0.15) is 6.54 Å². The average Bonchev–Trinajstić information content (AvgIpc) is 2.63. The minimum atomic E-state index is -3.76. The van der Waals surface area contributed by atoms with Crippen LogP contribution in [0, 0.1) is 6.92 Å². The number of nitrogens with zero attached hydrogens (tertiary/aromatic N) is 1. The van der Waals surface area contributed by atoms with E-state index in [0.29, 0.717) is 6.54 Å². The third-order valence-corrected chi connectivity index (χ3v) is 7.13. The fourth-order valence-corrected chi connectivity index (χ4v) is 4.80. The first-order valence-corrected chi connectivity index (χ1v) is 12.6. The number of thioether (sulfide) groups is 1. The van der Waals surface area contributed by atoms with Crippen LogP contribution in [-0.4, -0.2) is 39.4 Å². The molecule has 158 valence electrons. The van der Waals surface area contributed by atoms with Crippen LogP contribution in [0.15, 0.2) is 41.3 Å². The van der Waals surface area contributed by atoms with E-state index < -0.39 is 22.5 Å². The standard InChI is InChI=1S/C19H21Cl3N2O3S2/c1-13-4-6-14(7-5-13)28-9-3-8-23-19(25)12-24(29(2,26)27)18-11-16(21)15(20)10-17(18)22/h4-7,10-11H,3,8-9,12H2,1-2H3,(H,23,25). The van der Waals surface area contributed by atoms with Gasteiger partial charge in [-0.1, -0.05) is 52.5 Å². The van der Waals surface area contributed by atoms with Crippen molar-refractivity contribution in [3.8, 4) is 0 Å². The third-order valence-electron chi connectivity index (χ3n) is 3.88. The molecule has 10 heteroatoms. The van der Waals surface area contributed by atoms with Gasteiger partial charge < -0.3 is 5.32 Å². The molecule has 0 aromatic heterocycles. The quantitative estimate of drug-likeness (QED) is 0.301. The Morgan fingerprint density at radius 1 is 1.07 bits per heavy atom. The Bertz CT molecular complexity index is 967. The van der Waals surface area contributed by atoms with Crippen molar-refractivity contribution in [2.75, 3.05) is 29.4 Å². The van der Waals surface area contributed by atoms with Crippen LogP contribution in [0.25, 0.3) is 0 Å². The van der Waals surface area contributed by atoms with E-state index in [4.69, 9.17) is 34.8 Å². The first-order chi connectivity index (χ1) is 13.6. The van der Waals surface area contributed by atoms with Crippen LogP contribution in [-0.2, 0) is 14.8 Å². The minimum Gasteiger partial charge on any atom is -0.354 e. The van der Waals surface area contributed by atoms with Gasteiger partial charge in [0.05, 0.1) is 27.0 Å². The van der Waals surface area contributed by atoms with Crippen LogP contribution in [0.4, 0.5) is 5.69 Å². The molecule has 0 fully saturated rings. The molecule has 0 aliphatic heterocycles. The molecular formula is C19H21Cl3N2O3S2. The number of carbonyl (C=O) groups is 1. The third kappa shape index (κ3) is 7.57. The van der Waals surface area contributed by atoms with E-state index in [1.165, 1.54) is 22.6 Å². The van der Waals surface area contributed by atoms with Crippen molar-refractivity contribution in [2.24, 2.45) is 0 Å². The molecule has 29 heavy (non-hydrogen) atoms. The Hall–Kier alpha value is -1.12. The maximum Gasteiger partial charge on any atom is 0.240 e. The number of hydrogen-bond donors (Lipinski definition) is 1. The van der Waals surface area contributed by atoms with Crippen LogP contribution >= 0.6 is 46.6 Å². The van der Waals surface area contributed by atoms with Gasteiger partial charge in [-0.2, -0.15) is 0 Å². The number of nitrogens with one attached hydrogen (secondary N) is 1. The molecule has 0 aliphatic rings. The van der Waals surface area contributed by atoms with Crippen LogP contribution < -0.4 is 9.62 Å². The summed E-state index contributed by atoms with van der Waals surface area (Å²) in [5.74, 6) is 0.399. The Kier molecular flexibility index (Phi) is 8.97. The topological polar surface area (TPSA) is 66.5 Å². The van der Waals surface area contributed by atoms with Crippen molar-refractivity contribution < 1.29 is 13.2 Å². The number of anilines is 1. The van der Waals surface area contributed by atoms with E-state index in [2.05, 4.69) is 29.6 Å². The SMILES string of the molecule is Cc1ccc(SCCCNC(=O)CN(c2cc(Cl)c(Cl)cc2Cl)S(C)(=O)=O)cc1. The van der Waals surface area contributed by atoms with Crippen LogP contribution in [0.5, 0.6) is 0 Å². The molecule has 0 bridgehead atoms. The molecule has 5 nitrogen and oxygen atoms in total. The summed E-state index contributed by atoms with van der Waals surface area (Å²) >= 11 is 19.7. The number of amides is 1. The average molecular weight is 496 g/mol. The molecule has 0 saturated heterocycles. The maximum atomic E-state index is 12.3. The Morgan fingerprint density at radius 2 is 1.69 bits per heavy atom. The number of rotatable bonds is 9. The number of halogens is 3. The number of benzene rings is 2. The van der Waals surface area contributed by atoms with Gasteiger partial charge in [0, 0.05) is 11.4 Å². The van der Waals surface area contributed by atoms with Crippen LogP contribution in [0.1, 0.15) is 12.0 Å². The van der Waals surface area contributed by atoms with Gasteiger partial charge in [-0.3, -0.25) is 9.10 Å². The Balaban J connectivity index is 1.90. The first-order valence-electron chi connectivity index (χ1n) is 8.66. The highest BCUT2D eigenvalue weighted by molar-refractivity contribution is 7.99. The van der Waals surface area contributed by atoms with Gasteiger partial charge in [-0.15, -0.1) is 11.8 Å². The zero-order chi connectivity index (χ0) is 21.6. The van der Waals surface area contributed by atoms with E-state index in [1.807, 2.05) is 6.92 Å². The van der Waals surface area contributed by atoms with Crippen molar-refractivity contribution >= 4 is 68.2 Å². The lowest BCUT2D eigenvalue weighted by Crippen LogP contribution is -2.40. The molecule has 2 rings (SSSR count). The largest absolute Gasteiger partial charge is 0.354 e. The highest BCUT2D eigenvalue weighted by atomic mass is 35.5. The second kappa shape index (κ2) is 10.8. The lowest BCUT2D eigenvalue weighted by Gasteiger charge is -2.23. The summed E-state index contributed by atoms with van der Waals surface area (Å²) in [7, 11) is -3.76. The molecule has 0 saturated carbocycles. The summed E-state index contributed by atoms with van der Waals surface area (Å²) in [6.07, 6.45) is 1.74. The van der Waals surface area contributed by atoms with E-state index in [-0.39, 0.29) is 20.8 Å². The van der Waals surface area contributed by atoms with Gasteiger partial charge in [-0.25, -0.2) is 8.42 Å². The van der Waals surface area contributed by atoms with Gasteiger partial charge in [0.25, 0.3) is 0 Å². The van der Waals surface area contributed by atoms with Crippen molar-refractivity contribution in [1.82, 2.24) is 5.32 Å². The van der Waals surface area contributed by atoms with E-state index in [1.54, 1.807) is 11.8 Å². The summed E-state index contributed by atoms with van der Waals surface area (Å²) in [5, 5.41) is 3.17. The molecule has 0 spiro atoms. The van der Waals surface area contributed by atoms with Gasteiger partial charge in [0.2, 0.25) is 15.9 Å². The van der Waals surface area contributed by atoms with Gasteiger partial charge >= 0.3 is 0 Å². The predicted octanol–water partition coefficient (Wildman–Crippen LogP) is 5.02. The lowest BCUT2D eigenvalue weighted by molar-refractivity contribution is -0.119. The molecule has 2 aromatic carbocycles. The van der Waals surface area contributed by atoms with Crippen molar-refractivity contribution in [1.29, 1.82) is 0 Å². The second-order valence-corrected chi connectivity index (χ2v) is 10.6. The monoisotopic (exact) mass is 494 g/mol. The zero-order valence-electron chi connectivity index (χ0n) is 15.9. The molecule has 2 aromatic rings. The number of carbonyl (C=O) groups excluding carboxylic acids is 1. The number of sulfonamides is 1. The summed E-state index contributed by atoms with van der Waals surface area (Å²) in [5.41, 5.74) is 1.31. The summed E-state index contributed by atoms with van der Waals surface area (Å²) in [6.45, 7) is 2.07. The highest BCUT2D eigenvalue weighted by Gasteiger charge is 2.24. The second-order valence-electron chi connectivity index (χ2n) is 6.35. The summed E-state index contributed by atoms with van der Waals surface area (Å²) in [4.78, 5) is 13.4. The molecule has 0 unspecified atom stereocenters. The zero-order valence-corrected chi connectivity index (χ0v) is 19.8. The molecule has 0 heterocycles. The van der Waals surface area contributed by atoms with Crippen molar-refractivity contribution in [3.05, 3.63) is 57.0 Å². The number of hydrogen-bond acceptors (Lipinski definition) is 4. The van der Waals surface area contributed by atoms with Crippen molar-refractivity contribution in [3.63, 3.8) is 0 Å². The first kappa shape index (κ1) is 24.2. The van der Waals surface area contributed by atoms with E-state index in [9.17, 15) is 13.2 Å². The van der Waals surface area contributed by atoms with Crippen LogP contribution in [0.2, 0.25) is 15.1 Å². The number of aryl methyl sites for hydroxylation is 1. The maximum absolute atomic E-state index is 12.3. The summed E-state index contributed by atoms with van der Waals surface area (Å²) in [6, 6.07) is 10.9. The highest BCUT2D eigenvalue weighted by Crippen LogP contribution is 2.35. The molecule has 1 amide bonds. The molecular weight excluding hydrogens is 475 g/mol. The summed E-state index contributed by atoms with van der Waals surface area (Å²) < 4.78 is 25.3. The fraction of sp³-hybridized carbons (Fsp3) is 0.316. The molecule has 0 atom stereocenters. The van der Waals surface area contributed by atoms with E-state index in [0.717, 1.165) is 22.7 Å². The smallest absolute Gasteiger partial charge is 0.240 e.